The van der Waals surface area contributed by atoms with E-state index in [1.54, 1.807) is 24.3 Å². The van der Waals surface area contributed by atoms with E-state index < -0.39 is 5.97 Å². The van der Waals surface area contributed by atoms with E-state index in [0.717, 1.165) is 62.4 Å². The molecule has 0 bridgehead atoms. The molecule has 224 valence electrons. The van der Waals surface area contributed by atoms with Crippen molar-refractivity contribution in [2.24, 2.45) is 11.8 Å². The number of hydrogen-bond donors (Lipinski definition) is 2. The van der Waals surface area contributed by atoms with Gasteiger partial charge in [0.2, 0.25) is 0 Å². The summed E-state index contributed by atoms with van der Waals surface area (Å²) in [5.41, 5.74) is 13.6. The largest absolute Gasteiger partial charge is 0.493 e. The second-order valence-electron chi connectivity index (χ2n) is 11.2. The highest BCUT2D eigenvalue weighted by molar-refractivity contribution is 5.91. The van der Waals surface area contributed by atoms with E-state index in [1.807, 2.05) is 24.3 Å². The van der Waals surface area contributed by atoms with Gasteiger partial charge < -0.3 is 25.7 Å². The quantitative estimate of drug-likeness (QED) is 0.0880. The van der Waals surface area contributed by atoms with Crippen molar-refractivity contribution in [3.8, 4) is 5.75 Å². The topological polar surface area (TPSA) is 114 Å². The highest BCUT2D eigenvalue weighted by Gasteiger charge is 2.21. The minimum Gasteiger partial charge on any atom is -0.493 e. The van der Waals surface area contributed by atoms with Gasteiger partial charge in [0.05, 0.1) is 25.4 Å². The minimum absolute atomic E-state index is 0.326. The van der Waals surface area contributed by atoms with Crippen LogP contribution in [0.4, 0.5) is 11.4 Å². The molecule has 0 heterocycles. The maximum absolute atomic E-state index is 12.1. The summed E-state index contributed by atoms with van der Waals surface area (Å²) in [6.07, 6.45) is 16.8. The van der Waals surface area contributed by atoms with Crippen molar-refractivity contribution >= 4 is 29.4 Å². The number of benzene rings is 2. The van der Waals surface area contributed by atoms with E-state index in [0.29, 0.717) is 36.1 Å². The Hall–Kier alpha value is -3.48. The monoisotopic (exact) mass is 564 g/mol. The average Bonchev–Trinajstić information content (AvgIpc) is 2.96. The maximum atomic E-state index is 12.1. The van der Waals surface area contributed by atoms with Crippen molar-refractivity contribution in [2.75, 3.05) is 31.3 Å². The van der Waals surface area contributed by atoms with E-state index in [9.17, 15) is 9.59 Å². The molecule has 1 fully saturated rings. The van der Waals surface area contributed by atoms with Crippen molar-refractivity contribution in [3.05, 3.63) is 59.7 Å². The van der Waals surface area contributed by atoms with Gasteiger partial charge in [-0.25, -0.2) is 9.59 Å². The number of nitrogen functional groups attached to an aromatic ring is 2. The van der Waals surface area contributed by atoms with Crippen molar-refractivity contribution in [3.63, 3.8) is 0 Å². The molecule has 7 nitrogen and oxygen atoms in total. The van der Waals surface area contributed by atoms with Crippen molar-refractivity contribution < 1.29 is 23.8 Å². The van der Waals surface area contributed by atoms with Gasteiger partial charge in [-0.05, 0) is 79.5 Å². The van der Waals surface area contributed by atoms with Crippen LogP contribution in [0.15, 0.2) is 48.5 Å². The molecule has 4 N–H and O–H groups in total. The van der Waals surface area contributed by atoms with Crippen LogP contribution in [0.5, 0.6) is 5.75 Å². The molecular formula is C34H48N2O5. The first-order valence-electron chi connectivity index (χ1n) is 15.3. The number of nitrogens with two attached hydrogens (primary N) is 2. The molecule has 2 aromatic carbocycles. The van der Waals surface area contributed by atoms with E-state index in [-0.39, 0.29) is 5.97 Å². The smallest absolute Gasteiger partial charge is 0.338 e. The van der Waals surface area contributed by atoms with E-state index in [1.165, 1.54) is 44.6 Å². The molecule has 1 aliphatic carbocycles. The first kappa shape index (κ1) is 32.0. The zero-order chi connectivity index (χ0) is 29.3. The molecule has 0 aliphatic heterocycles. The SMILES string of the molecule is CCCC1CCC(COc2ccc(/C=C/C(=O)OCCCCCCCCOC(=O)c3cc(N)cc(N)c3)cc2)CC1. The zero-order valence-electron chi connectivity index (χ0n) is 24.7. The lowest BCUT2D eigenvalue weighted by Gasteiger charge is -2.28. The standard InChI is InChI=1S/C34H48N2O5/c1-2-9-26-10-12-28(13-11-26)25-41-32-17-14-27(15-18-32)16-19-33(37)39-20-7-5-3-4-6-8-21-40-34(38)29-22-30(35)24-31(36)23-29/h14-19,22-24,26,28H,2-13,20-21,25,35-36H2,1H3/b19-16+. The second-order valence-corrected chi connectivity index (χ2v) is 11.2. The summed E-state index contributed by atoms with van der Waals surface area (Å²) >= 11 is 0. The van der Waals surface area contributed by atoms with Crippen molar-refractivity contribution in [1.82, 2.24) is 0 Å². The Labute approximate surface area is 245 Å². The fourth-order valence-electron chi connectivity index (χ4n) is 5.32. The highest BCUT2D eigenvalue weighted by atomic mass is 16.5. The molecule has 0 amide bonds. The number of carbonyl (C=O) groups is 2. The predicted octanol–water partition coefficient (Wildman–Crippen LogP) is 7.59. The highest BCUT2D eigenvalue weighted by Crippen LogP contribution is 2.32. The van der Waals surface area contributed by atoms with E-state index in [2.05, 4.69) is 6.92 Å². The van der Waals surface area contributed by atoms with Crippen LogP contribution in [0.3, 0.4) is 0 Å². The van der Waals surface area contributed by atoms with Crippen LogP contribution in [0, 0.1) is 11.8 Å². The molecule has 3 rings (SSSR count). The molecular weight excluding hydrogens is 516 g/mol. The van der Waals surface area contributed by atoms with Crippen LogP contribution in [-0.4, -0.2) is 31.8 Å². The minimum atomic E-state index is -0.406. The second kappa shape index (κ2) is 18.1. The fraction of sp³-hybridized carbons (Fsp3) is 0.529. The lowest BCUT2D eigenvalue weighted by molar-refractivity contribution is -0.137. The fourth-order valence-corrected chi connectivity index (χ4v) is 5.32. The summed E-state index contributed by atoms with van der Waals surface area (Å²) in [5, 5.41) is 0. The van der Waals surface area contributed by atoms with Crippen LogP contribution < -0.4 is 16.2 Å². The van der Waals surface area contributed by atoms with E-state index >= 15 is 0 Å². The summed E-state index contributed by atoms with van der Waals surface area (Å²) in [5.74, 6) is 1.73. The molecule has 0 atom stereocenters. The number of unbranched alkanes of at least 4 members (excludes halogenated alkanes) is 5. The number of rotatable bonds is 17. The van der Waals surface area contributed by atoms with Gasteiger partial charge in [-0.1, -0.05) is 70.4 Å². The Balaban J connectivity index is 1.17. The Bertz CT molecular complexity index is 1070. The molecule has 0 unspecified atom stereocenters. The van der Waals surface area contributed by atoms with Crippen molar-refractivity contribution in [1.29, 1.82) is 0 Å². The summed E-state index contributed by atoms with van der Waals surface area (Å²) in [4.78, 5) is 24.1. The molecule has 1 aliphatic rings. The van der Waals surface area contributed by atoms with Gasteiger partial charge >= 0.3 is 11.9 Å². The Morgan fingerprint density at radius 2 is 1.39 bits per heavy atom. The number of carbonyl (C=O) groups excluding carboxylic acids is 2. The summed E-state index contributed by atoms with van der Waals surface area (Å²) in [6.45, 7) is 3.85. The molecule has 7 heteroatoms. The third-order valence-corrected chi connectivity index (χ3v) is 7.67. The predicted molar refractivity (Wildman–Crippen MR) is 166 cm³/mol. The van der Waals surface area contributed by atoms with Crippen LogP contribution in [0.2, 0.25) is 0 Å². The van der Waals surface area contributed by atoms with Gasteiger partial charge in [0.15, 0.2) is 0 Å². The number of hydrogen-bond acceptors (Lipinski definition) is 7. The molecule has 0 spiro atoms. The van der Waals surface area contributed by atoms with Gasteiger partial charge in [-0.3, -0.25) is 0 Å². The Kier molecular flexibility index (Phi) is 14.1. The summed E-state index contributed by atoms with van der Waals surface area (Å²) < 4.78 is 16.6. The summed E-state index contributed by atoms with van der Waals surface area (Å²) in [6, 6.07) is 12.6. The third kappa shape index (κ3) is 12.7. The van der Waals surface area contributed by atoms with Gasteiger partial charge in [-0.2, -0.15) is 0 Å². The summed E-state index contributed by atoms with van der Waals surface area (Å²) in [7, 11) is 0. The Morgan fingerprint density at radius 3 is 2.02 bits per heavy atom. The molecule has 41 heavy (non-hydrogen) atoms. The molecule has 0 aromatic heterocycles. The zero-order valence-corrected chi connectivity index (χ0v) is 24.7. The Morgan fingerprint density at radius 1 is 0.805 bits per heavy atom. The number of ether oxygens (including phenoxy) is 3. The van der Waals surface area contributed by atoms with E-state index in [4.69, 9.17) is 25.7 Å². The average molecular weight is 565 g/mol. The van der Waals surface area contributed by atoms with Crippen LogP contribution in [0.25, 0.3) is 6.08 Å². The lowest BCUT2D eigenvalue weighted by Crippen LogP contribution is -2.20. The normalized spacial score (nSPS) is 16.9. The van der Waals surface area contributed by atoms with Gasteiger partial charge in [0.25, 0.3) is 0 Å². The van der Waals surface area contributed by atoms with Gasteiger partial charge in [0.1, 0.15) is 5.75 Å². The van der Waals surface area contributed by atoms with Crippen LogP contribution in [-0.2, 0) is 14.3 Å². The van der Waals surface area contributed by atoms with Crippen molar-refractivity contribution in [2.45, 2.75) is 84.0 Å². The first-order chi connectivity index (χ1) is 19.9. The lowest BCUT2D eigenvalue weighted by atomic mass is 9.80. The van der Waals surface area contributed by atoms with Gasteiger partial charge in [-0.15, -0.1) is 0 Å². The number of esters is 2. The van der Waals surface area contributed by atoms with Crippen LogP contribution >= 0.6 is 0 Å². The first-order valence-corrected chi connectivity index (χ1v) is 15.3. The molecule has 1 saturated carbocycles. The third-order valence-electron chi connectivity index (χ3n) is 7.67. The molecule has 0 saturated heterocycles. The number of anilines is 2. The molecule has 2 aromatic rings. The molecule has 0 radical (unpaired) electrons. The maximum Gasteiger partial charge on any atom is 0.338 e. The van der Waals surface area contributed by atoms with Gasteiger partial charge in [0, 0.05) is 17.5 Å². The van der Waals surface area contributed by atoms with Crippen LogP contribution in [0.1, 0.15) is 99.9 Å².